The van der Waals surface area contributed by atoms with Gasteiger partial charge in [0.05, 0.1) is 31.8 Å². The van der Waals surface area contributed by atoms with E-state index in [-0.39, 0.29) is 18.4 Å². The lowest BCUT2D eigenvalue weighted by Gasteiger charge is -2.17. The summed E-state index contributed by atoms with van der Waals surface area (Å²) < 4.78 is 12.7. The number of nitrogens with one attached hydrogen (secondary N) is 2. The van der Waals surface area contributed by atoms with Crippen molar-refractivity contribution in [3.8, 4) is 11.5 Å². The highest BCUT2D eigenvalue weighted by atomic mass is 16.6. The first kappa shape index (κ1) is 23.6. The molecule has 3 aromatic heterocycles. The molecule has 5 rings (SSSR count). The minimum atomic E-state index is -1.29. The third kappa shape index (κ3) is 4.58. The normalized spacial score (nSPS) is 26.5. The standard InChI is InChI=1S/C21H28N8O6/c22-13(31)3-1-2-10-6-24-28-14(10)18-26-19(25-11-4-5-34-8-11)15-20(27-18)29(9-23-15)21-17(33)16(32)12(7-30)35-21/h6,9,11-12,16-17,21,30,32-33H,1-5,7-8H2,(H2,22,31)(H,24,28)(H,25,26,27)/t11-,12-,16-,17-,21-/m1/s1. The van der Waals surface area contributed by atoms with Crippen LogP contribution >= 0.6 is 0 Å². The molecule has 0 unspecified atom stereocenters. The summed E-state index contributed by atoms with van der Waals surface area (Å²) >= 11 is 0. The second-order valence-electron chi connectivity index (χ2n) is 8.74. The molecule has 0 aromatic carbocycles. The number of aliphatic hydroxyl groups is 3. The molecule has 2 saturated heterocycles. The molecule has 2 aliphatic heterocycles. The number of hydrogen-bond acceptors (Lipinski definition) is 11. The highest BCUT2D eigenvalue weighted by Crippen LogP contribution is 2.34. The fraction of sp³-hybridized carbons (Fsp3) is 0.571. The first-order chi connectivity index (χ1) is 17.0. The summed E-state index contributed by atoms with van der Waals surface area (Å²) in [6.45, 7) is 0.720. The molecule has 2 aliphatic rings. The molecule has 5 heterocycles. The third-order valence-corrected chi connectivity index (χ3v) is 6.29. The average molecular weight is 489 g/mol. The number of fused-ring (bicyclic) bond motifs is 1. The number of hydrogen-bond donors (Lipinski definition) is 6. The number of H-pyrrole nitrogens is 1. The molecule has 188 valence electrons. The fourth-order valence-electron chi connectivity index (χ4n) is 4.41. The van der Waals surface area contributed by atoms with Gasteiger partial charge in [0, 0.05) is 18.6 Å². The van der Waals surface area contributed by atoms with Gasteiger partial charge in [0.15, 0.2) is 29.0 Å². The number of ether oxygens (including phenoxy) is 2. The van der Waals surface area contributed by atoms with Crippen molar-refractivity contribution in [1.82, 2.24) is 29.7 Å². The minimum absolute atomic E-state index is 0.0387. The van der Waals surface area contributed by atoms with Crippen LogP contribution in [-0.2, 0) is 20.7 Å². The Hall–Kier alpha value is -3.17. The van der Waals surface area contributed by atoms with Crippen molar-refractivity contribution >= 4 is 22.9 Å². The molecule has 1 amide bonds. The third-order valence-electron chi connectivity index (χ3n) is 6.29. The molecule has 0 aliphatic carbocycles. The van der Waals surface area contributed by atoms with Gasteiger partial charge in [-0.05, 0) is 19.3 Å². The Balaban J connectivity index is 1.55. The summed E-state index contributed by atoms with van der Waals surface area (Å²) in [4.78, 5) is 25.0. The largest absolute Gasteiger partial charge is 0.394 e. The first-order valence-corrected chi connectivity index (χ1v) is 11.5. The number of aryl methyl sites for hydroxylation is 1. The van der Waals surface area contributed by atoms with E-state index in [0.29, 0.717) is 54.6 Å². The lowest BCUT2D eigenvalue weighted by Crippen LogP contribution is -2.33. The van der Waals surface area contributed by atoms with Crippen LogP contribution < -0.4 is 11.1 Å². The number of primary amides is 1. The number of nitrogens with zero attached hydrogens (tertiary/aromatic N) is 5. The van der Waals surface area contributed by atoms with E-state index in [1.165, 1.54) is 10.9 Å². The van der Waals surface area contributed by atoms with Gasteiger partial charge in [-0.1, -0.05) is 0 Å². The van der Waals surface area contributed by atoms with Crippen LogP contribution in [0.25, 0.3) is 22.7 Å². The van der Waals surface area contributed by atoms with Crippen LogP contribution in [0, 0.1) is 0 Å². The van der Waals surface area contributed by atoms with Crippen LogP contribution in [0.5, 0.6) is 0 Å². The quantitative estimate of drug-likeness (QED) is 0.212. The topological polar surface area (TPSA) is 207 Å². The second kappa shape index (κ2) is 9.83. The summed E-state index contributed by atoms with van der Waals surface area (Å²) in [5, 5.41) is 40.7. The van der Waals surface area contributed by atoms with Gasteiger partial charge < -0.3 is 35.8 Å². The molecule has 2 fully saturated rings. The predicted octanol–water partition coefficient (Wildman–Crippen LogP) is -1.16. The summed E-state index contributed by atoms with van der Waals surface area (Å²) in [5.74, 6) is 0.433. The lowest BCUT2D eigenvalue weighted by atomic mass is 10.1. The number of nitrogens with two attached hydrogens (primary N) is 1. The molecule has 0 saturated carbocycles. The monoisotopic (exact) mass is 488 g/mol. The van der Waals surface area contributed by atoms with Crippen LogP contribution in [0.2, 0.25) is 0 Å². The maximum atomic E-state index is 11.1. The van der Waals surface area contributed by atoms with Gasteiger partial charge >= 0.3 is 0 Å². The zero-order valence-corrected chi connectivity index (χ0v) is 18.9. The number of anilines is 1. The number of aromatic amines is 1. The van der Waals surface area contributed by atoms with E-state index in [0.717, 1.165) is 12.0 Å². The Labute approximate surface area is 199 Å². The van der Waals surface area contributed by atoms with E-state index in [9.17, 15) is 20.1 Å². The van der Waals surface area contributed by atoms with Crippen LogP contribution in [0.15, 0.2) is 12.5 Å². The highest BCUT2D eigenvalue weighted by Gasteiger charge is 2.44. The first-order valence-electron chi connectivity index (χ1n) is 11.5. The highest BCUT2D eigenvalue weighted by molar-refractivity contribution is 5.85. The Morgan fingerprint density at radius 2 is 2.17 bits per heavy atom. The zero-order chi connectivity index (χ0) is 24.5. The molecule has 3 aromatic rings. The number of amides is 1. The minimum Gasteiger partial charge on any atom is -0.394 e. The maximum Gasteiger partial charge on any atom is 0.217 e. The van der Waals surface area contributed by atoms with Gasteiger partial charge in [-0.2, -0.15) is 5.10 Å². The summed E-state index contributed by atoms with van der Waals surface area (Å²) in [6.07, 6.45) is 0.765. The van der Waals surface area contributed by atoms with Crippen molar-refractivity contribution in [2.24, 2.45) is 5.73 Å². The molecule has 7 N–H and O–H groups in total. The Morgan fingerprint density at radius 1 is 1.31 bits per heavy atom. The molecule has 14 nitrogen and oxygen atoms in total. The fourth-order valence-corrected chi connectivity index (χ4v) is 4.41. The zero-order valence-electron chi connectivity index (χ0n) is 18.9. The molecule has 0 bridgehead atoms. The van der Waals surface area contributed by atoms with Crippen molar-refractivity contribution in [3.63, 3.8) is 0 Å². The van der Waals surface area contributed by atoms with Gasteiger partial charge in [0.25, 0.3) is 0 Å². The Morgan fingerprint density at radius 3 is 2.89 bits per heavy atom. The van der Waals surface area contributed by atoms with E-state index in [2.05, 4.69) is 20.5 Å². The van der Waals surface area contributed by atoms with Gasteiger partial charge in [0.1, 0.15) is 24.0 Å². The van der Waals surface area contributed by atoms with Gasteiger partial charge in [-0.25, -0.2) is 15.0 Å². The lowest BCUT2D eigenvalue weighted by molar-refractivity contribution is -0.118. The molecular formula is C21H28N8O6. The number of imidazole rings is 1. The maximum absolute atomic E-state index is 11.1. The summed E-state index contributed by atoms with van der Waals surface area (Å²) in [6, 6.07) is 0.0387. The van der Waals surface area contributed by atoms with Gasteiger partial charge in [-0.3, -0.25) is 14.5 Å². The Bertz CT molecular complexity index is 1190. The smallest absolute Gasteiger partial charge is 0.217 e. The SMILES string of the molecule is NC(=O)CCCc1cn[nH]c1-c1nc(N[C@@H]2CCOC2)c2ncn([C@@H]3O[C@H](CO)[C@@H](O)[C@H]3O)c2n1. The second-order valence-corrected chi connectivity index (χ2v) is 8.74. The van der Waals surface area contributed by atoms with Crippen molar-refractivity contribution in [2.75, 3.05) is 25.1 Å². The summed E-state index contributed by atoms with van der Waals surface area (Å²) in [7, 11) is 0. The molecule has 14 heteroatoms. The molecule has 0 spiro atoms. The summed E-state index contributed by atoms with van der Waals surface area (Å²) in [5.41, 5.74) is 7.48. The van der Waals surface area contributed by atoms with Crippen LogP contribution in [0.4, 0.5) is 5.82 Å². The van der Waals surface area contributed by atoms with Crippen molar-refractivity contribution in [3.05, 3.63) is 18.1 Å². The van der Waals surface area contributed by atoms with E-state index in [4.69, 9.17) is 25.2 Å². The van der Waals surface area contributed by atoms with Gasteiger partial charge in [0.2, 0.25) is 5.91 Å². The van der Waals surface area contributed by atoms with Crippen molar-refractivity contribution in [1.29, 1.82) is 0 Å². The number of carbonyl (C=O) groups excluding carboxylic acids is 1. The number of aliphatic hydroxyl groups excluding tert-OH is 3. The molecule has 5 atom stereocenters. The van der Waals surface area contributed by atoms with Crippen LogP contribution in [0.3, 0.4) is 0 Å². The van der Waals surface area contributed by atoms with E-state index >= 15 is 0 Å². The molecule has 0 radical (unpaired) electrons. The van der Waals surface area contributed by atoms with Crippen molar-refractivity contribution in [2.45, 2.75) is 56.3 Å². The number of rotatable bonds is 9. The van der Waals surface area contributed by atoms with Crippen molar-refractivity contribution < 1.29 is 29.6 Å². The number of aromatic nitrogens is 6. The van der Waals surface area contributed by atoms with Gasteiger partial charge in [-0.15, -0.1) is 0 Å². The Kier molecular flexibility index (Phi) is 6.62. The predicted molar refractivity (Wildman–Crippen MR) is 121 cm³/mol. The molecular weight excluding hydrogens is 460 g/mol. The van der Waals surface area contributed by atoms with E-state index in [1.54, 1.807) is 6.20 Å². The average Bonchev–Trinajstić information content (AvgIpc) is 3.63. The number of carbonyl (C=O) groups is 1. The molecule has 35 heavy (non-hydrogen) atoms. The van der Waals surface area contributed by atoms with E-state index in [1.807, 2.05) is 0 Å². The van der Waals surface area contributed by atoms with Crippen LogP contribution in [-0.4, -0.2) is 95.1 Å². The van der Waals surface area contributed by atoms with Crippen LogP contribution in [0.1, 0.15) is 31.1 Å². The van der Waals surface area contributed by atoms with E-state index < -0.39 is 31.1 Å².